The van der Waals surface area contributed by atoms with Crippen LogP contribution in [0.1, 0.15) is 16.0 Å². The first-order valence-electron chi connectivity index (χ1n) is 5.56. The topological polar surface area (TPSA) is 91.3 Å². The minimum absolute atomic E-state index is 0.0185. The maximum absolute atomic E-state index is 11.0. The van der Waals surface area contributed by atoms with Gasteiger partial charge in [0, 0.05) is 12.3 Å². The van der Waals surface area contributed by atoms with Gasteiger partial charge in [-0.2, -0.15) is 0 Å². The minimum atomic E-state index is -0.434. The zero-order valence-corrected chi connectivity index (χ0v) is 11.4. The predicted octanol–water partition coefficient (Wildman–Crippen LogP) is 2.83. The van der Waals surface area contributed by atoms with E-state index in [-0.39, 0.29) is 12.3 Å². The van der Waals surface area contributed by atoms with E-state index in [0.717, 1.165) is 16.0 Å². The van der Waals surface area contributed by atoms with Gasteiger partial charge in [-0.25, -0.2) is 4.98 Å². The van der Waals surface area contributed by atoms with E-state index in [4.69, 9.17) is 10.5 Å². The predicted molar refractivity (Wildman–Crippen MR) is 73.4 cm³/mol. The van der Waals surface area contributed by atoms with Gasteiger partial charge in [0.15, 0.2) is 10.9 Å². The fraction of sp³-hybridized carbons (Fsp3) is 0.250. The molecule has 0 saturated heterocycles. The third-order valence-electron chi connectivity index (χ3n) is 2.53. The number of nitro benzene ring substituents is 1. The van der Waals surface area contributed by atoms with Gasteiger partial charge in [0.25, 0.3) is 0 Å². The zero-order chi connectivity index (χ0) is 14.0. The third kappa shape index (κ3) is 3.00. The lowest BCUT2D eigenvalue weighted by molar-refractivity contribution is -0.386. The Morgan fingerprint density at radius 1 is 1.47 bits per heavy atom. The lowest BCUT2D eigenvalue weighted by Gasteiger charge is -2.09. The number of anilines is 1. The second-order valence-corrected chi connectivity index (χ2v) is 5.29. The second kappa shape index (κ2) is 5.23. The van der Waals surface area contributed by atoms with Gasteiger partial charge in [-0.1, -0.05) is 17.4 Å². The number of nitrogens with two attached hydrogens (primary N) is 1. The van der Waals surface area contributed by atoms with Gasteiger partial charge in [0.05, 0.1) is 9.80 Å². The minimum Gasteiger partial charge on any atom is -0.481 e. The molecule has 0 fully saturated rings. The highest BCUT2D eigenvalue weighted by Gasteiger charge is 2.18. The monoisotopic (exact) mass is 279 g/mol. The first kappa shape index (κ1) is 13.3. The first-order valence-corrected chi connectivity index (χ1v) is 6.37. The Morgan fingerprint density at radius 2 is 2.21 bits per heavy atom. The summed E-state index contributed by atoms with van der Waals surface area (Å²) >= 11 is 1.30. The van der Waals surface area contributed by atoms with Crippen LogP contribution < -0.4 is 10.5 Å². The van der Waals surface area contributed by atoms with E-state index in [2.05, 4.69) is 4.98 Å². The highest BCUT2D eigenvalue weighted by Crippen LogP contribution is 2.33. The maximum Gasteiger partial charge on any atom is 0.311 e. The lowest BCUT2D eigenvalue weighted by Crippen LogP contribution is -2.00. The Morgan fingerprint density at radius 3 is 2.79 bits per heavy atom. The molecule has 0 aliphatic heterocycles. The van der Waals surface area contributed by atoms with Gasteiger partial charge in [-0.05, 0) is 25.0 Å². The van der Waals surface area contributed by atoms with Crippen molar-refractivity contribution >= 4 is 22.2 Å². The molecule has 100 valence electrons. The van der Waals surface area contributed by atoms with Crippen molar-refractivity contribution in [3.8, 4) is 5.75 Å². The number of rotatable bonds is 4. The largest absolute Gasteiger partial charge is 0.481 e. The van der Waals surface area contributed by atoms with Crippen LogP contribution in [0.2, 0.25) is 0 Å². The number of thiazole rings is 1. The standard InChI is InChI=1S/C12H13N3O3S/c1-7-3-8(2)11(10(4-7)15(16)17)18-6-9-5-14-12(13)19-9/h3-5H,6H2,1-2H3,(H2,13,14). The summed E-state index contributed by atoms with van der Waals surface area (Å²) in [4.78, 5) is 15.3. The van der Waals surface area contributed by atoms with Crippen LogP contribution in [-0.2, 0) is 6.61 Å². The van der Waals surface area contributed by atoms with Gasteiger partial charge in [-0.3, -0.25) is 10.1 Å². The van der Waals surface area contributed by atoms with Crippen molar-refractivity contribution in [2.24, 2.45) is 0 Å². The normalized spacial score (nSPS) is 10.4. The molecule has 1 heterocycles. The van der Waals surface area contributed by atoms with Gasteiger partial charge >= 0.3 is 5.69 Å². The van der Waals surface area contributed by atoms with Crippen LogP contribution in [0.4, 0.5) is 10.8 Å². The summed E-state index contributed by atoms with van der Waals surface area (Å²) < 4.78 is 5.56. The number of nitro groups is 1. The molecule has 19 heavy (non-hydrogen) atoms. The second-order valence-electron chi connectivity index (χ2n) is 4.14. The Balaban J connectivity index is 2.26. The molecule has 0 aliphatic rings. The summed E-state index contributed by atoms with van der Waals surface area (Å²) in [6.45, 7) is 3.82. The Bertz CT molecular complexity index is 625. The molecular weight excluding hydrogens is 266 g/mol. The van der Waals surface area contributed by atoms with Crippen LogP contribution in [-0.4, -0.2) is 9.91 Å². The van der Waals surface area contributed by atoms with Crippen molar-refractivity contribution in [2.75, 3.05) is 5.73 Å². The van der Waals surface area contributed by atoms with Gasteiger partial charge in [0.2, 0.25) is 0 Å². The summed E-state index contributed by atoms with van der Waals surface area (Å²) in [7, 11) is 0. The van der Waals surface area contributed by atoms with Crippen LogP contribution in [0.5, 0.6) is 5.75 Å². The molecule has 0 atom stereocenters. The average Bonchev–Trinajstić information content (AvgIpc) is 2.73. The van der Waals surface area contributed by atoms with E-state index in [1.807, 2.05) is 13.0 Å². The number of hydrogen-bond acceptors (Lipinski definition) is 6. The van der Waals surface area contributed by atoms with E-state index in [1.165, 1.54) is 17.4 Å². The molecule has 7 heteroatoms. The molecule has 0 unspecified atom stereocenters. The van der Waals surface area contributed by atoms with Crippen LogP contribution in [0, 0.1) is 24.0 Å². The number of nitrogens with zero attached hydrogens (tertiary/aromatic N) is 2. The molecule has 6 nitrogen and oxygen atoms in total. The Labute approximate surface area is 114 Å². The quantitative estimate of drug-likeness (QED) is 0.686. The number of aryl methyl sites for hydroxylation is 2. The molecule has 0 spiro atoms. The molecule has 0 radical (unpaired) electrons. The third-order valence-corrected chi connectivity index (χ3v) is 3.33. The van der Waals surface area contributed by atoms with Gasteiger partial charge in [0.1, 0.15) is 6.61 Å². The molecule has 2 N–H and O–H groups in total. The highest BCUT2D eigenvalue weighted by atomic mass is 32.1. The lowest BCUT2D eigenvalue weighted by atomic mass is 10.1. The number of hydrogen-bond donors (Lipinski definition) is 1. The zero-order valence-electron chi connectivity index (χ0n) is 10.5. The average molecular weight is 279 g/mol. The van der Waals surface area contributed by atoms with E-state index >= 15 is 0 Å². The van der Waals surface area contributed by atoms with Crippen molar-refractivity contribution in [1.82, 2.24) is 4.98 Å². The van der Waals surface area contributed by atoms with Crippen LogP contribution >= 0.6 is 11.3 Å². The molecule has 1 aromatic heterocycles. The first-order chi connectivity index (χ1) is 8.97. The summed E-state index contributed by atoms with van der Waals surface area (Å²) in [5.41, 5.74) is 7.07. The van der Waals surface area contributed by atoms with Crippen molar-refractivity contribution in [1.29, 1.82) is 0 Å². The summed E-state index contributed by atoms with van der Waals surface area (Å²) in [5, 5.41) is 11.5. The van der Waals surface area contributed by atoms with Gasteiger partial charge in [-0.15, -0.1) is 0 Å². The van der Waals surface area contributed by atoms with Crippen molar-refractivity contribution < 1.29 is 9.66 Å². The molecule has 0 amide bonds. The van der Waals surface area contributed by atoms with E-state index in [9.17, 15) is 10.1 Å². The van der Waals surface area contributed by atoms with E-state index in [0.29, 0.717) is 10.9 Å². The summed E-state index contributed by atoms with van der Waals surface area (Å²) in [5.74, 6) is 0.294. The van der Waals surface area contributed by atoms with Crippen molar-refractivity contribution in [3.63, 3.8) is 0 Å². The summed E-state index contributed by atoms with van der Waals surface area (Å²) in [6.07, 6.45) is 1.61. The molecular formula is C12H13N3O3S. The van der Waals surface area contributed by atoms with E-state index in [1.54, 1.807) is 13.1 Å². The molecule has 2 aromatic rings. The highest BCUT2D eigenvalue weighted by molar-refractivity contribution is 7.15. The maximum atomic E-state index is 11.0. The molecule has 1 aromatic carbocycles. The van der Waals surface area contributed by atoms with Crippen LogP contribution in [0.25, 0.3) is 0 Å². The number of ether oxygens (including phenoxy) is 1. The smallest absolute Gasteiger partial charge is 0.311 e. The molecule has 0 saturated carbocycles. The SMILES string of the molecule is Cc1cc(C)c(OCc2cnc(N)s2)c([N+](=O)[O-])c1. The fourth-order valence-corrected chi connectivity index (χ4v) is 2.39. The van der Waals surface area contributed by atoms with Crippen molar-refractivity contribution in [3.05, 3.63) is 44.4 Å². The fourth-order valence-electron chi connectivity index (χ4n) is 1.79. The number of aromatic nitrogens is 1. The summed E-state index contributed by atoms with van der Waals surface area (Å²) in [6, 6.07) is 3.35. The molecule has 0 aliphatic carbocycles. The van der Waals surface area contributed by atoms with Gasteiger partial charge < -0.3 is 10.5 Å². The molecule has 0 bridgehead atoms. The molecule has 2 rings (SSSR count). The number of benzene rings is 1. The Kier molecular flexibility index (Phi) is 3.66. The van der Waals surface area contributed by atoms with Crippen LogP contribution in [0.3, 0.4) is 0 Å². The number of nitrogen functional groups attached to an aromatic ring is 1. The Hall–Kier alpha value is -2.15. The van der Waals surface area contributed by atoms with Crippen molar-refractivity contribution in [2.45, 2.75) is 20.5 Å². The van der Waals surface area contributed by atoms with Crippen LogP contribution in [0.15, 0.2) is 18.3 Å². The van der Waals surface area contributed by atoms with E-state index < -0.39 is 4.92 Å².